The number of hydrogen-bond donors (Lipinski definition) is 1. The lowest BCUT2D eigenvalue weighted by Gasteiger charge is -2.09. The third-order valence-electron chi connectivity index (χ3n) is 2.96. The molecule has 1 amide bonds. The van der Waals surface area contributed by atoms with Crippen LogP contribution in [-0.4, -0.2) is 24.3 Å². The Balaban J connectivity index is 2.03. The van der Waals surface area contributed by atoms with E-state index in [9.17, 15) is 14.4 Å². The van der Waals surface area contributed by atoms with Gasteiger partial charge in [-0.3, -0.25) is 9.59 Å². The maximum absolute atomic E-state index is 12.1. The Bertz CT molecular complexity index is 741. The van der Waals surface area contributed by atoms with E-state index in [1.807, 2.05) is 0 Å². The van der Waals surface area contributed by atoms with Crippen LogP contribution >= 0.6 is 15.9 Å². The van der Waals surface area contributed by atoms with E-state index >= 15 is 0 Å². The number of para-hydroxylation sites is 1. The van der Waals surface area contributed by atoms with Crippen molar-refractivity contribution in [2.75, 3.05) is 11.9 Å². The molecule has 0 aliphatic carbocycles. The van der Waals surface area contributed by atoms with Crippen molar-refractivity contribution < 1.29 is 19.1 Å². The van der Waals surface area contributed by atoms with Crippen LogP contribution in [0, 0.1) is 0 Å². The zero-order valence-corrected chi connectivity index (χ0v) is 13.9. The molecule has 0 unspecified atom stereocenters. The Hall–Kier alpha value is -2.47. The van der Waals surface area contributed by atoms with E-state index in [0.29, 0.717) is 11.3 Å². The summed E-state index contributed by atoms with van der Waals surface area (Å²) in [4.78, 5) is 35.2. The van der Waals surface area contributed by atoms with Crippen LogP contribution in [0.5, 0.6) is 0 Å². The summed E-state index contributed by atoms with van der Waals surface area (Å²) >= 11 is 3.28. The van der Waals surface area contributed by atoms with Crippen LogP contribution in [0.1, 0.15) is 27.6 Å². The molecule has 0 atom stereocenters. The van der Waals surface area contributed by atoms with E-state index in [1.54, 1.807) is 42.5 Å². The lowest BCUT2D eigenvalue weighted by molar-refractivity contribution is -0.114. The number of rotatable bonds is 5. The van der Waals surface area contributed by atoms with Crippen molar-refractivity contribution in [3.63, 3.8) is 0 Å². The molecule has 0 heterocycles. The number of amides is 1. The first-order chi connectivity index (χ1) is 11.0. The van der Waals surface area contributed by atoms with Gasteiger partial charge in [-0.25, -0.2) is 4.79 Å². The highest BCUT2D eigenvalue weighted by molar-refractivity contribution is 9.10. The summed E-state index contributed by atoms with van der Waals surface area (Å²) in [5.74, 6) is -1.26. The van der Waals surface area contributed by atoms with Crippen molar-refractivity contribution in [3.05, 3.63) is 64.1 Å². The number of ketones is 1. The molecule has 0 aliphatic rings. The number of carbonyl (C=O) groups excluding carboxylic acids is 3. The molecule has 0 fully saturated rings. The summed E-state index contributed by atoms with van der Waals surface area (Å²) in [6.45, 7) is 0.980. The number of ether oxygens (including phenoxy) is 1. The average molecular weight is 376 g/mol. The molecular weight excluding hydrogens is 362 g/mol. The number of hydrogen-bond acceptors (Lipinski definition) is 4. The van der Waals surface area contributed by atoms with Crippen LogP contribution < -0.4 is 5.32 Å². The number of nitrogens with one attached hydrogen (secondary N) is 1. The summed E-state index contributed by atoms with van der Waals surface area (Å²) in [6.07, 6.45) is 0. The SMILES string of the molecule is CC(=O)Nc1ccccc1C(=O)OCC(=O)c1ccc(Br)cc1. The van der Waals surface area contributed by atoms with Gasteiger partial charge in [-0.2, -0.15) is 0 Å². The largest absolute Gasteiger partial charge is 0.454 e. The van der Waals surface area contributed by atoms with Gasteiger partial charge in [0.15, 0.2) is 12.4 Å². The maximum atomic E-state index is 12.1. The highest BCUT2D eigenvalue weighted by Crippen LogP contribution is 2.16. The van der Waals surface area contributed by atoms with E-state index < -0.39 is 5.97 Å². The minimum absolute atomic E-state index is 0.200. The van der Waals surface area contributed by atoms with Crippen molar-refractivity contribution in [2.24, 2.45) is 0 Å². The fourth-order valence-corrected chi connectivity index (χ4v) is 2.15. The molecule has 0 bridgehead atoms. The molecule has 6 heteroatoms. The molecule has 0 spiro atoms. The summed E-state index contributed by atoms with van der Waals surface area (Å²) in [5, 5.41) is 2.55. The van der Waals surface area contributed by atoms with Gasteiger partial charge in [0, 0.05) is 17.0 Å². The molecule has 0 aliphatic heterocycles. The molecule has 5 nitrogen and oxygen atoms in total. The Morgan fingerprint density at radius 3 is 2.35 bits per heavy atom. The van der Waals surface area contributed by atoms with Crippen LogP contribution in [0.3, 0.4) is 0 Å². The third kappa shape index (κ3) is 4.75. The van der Waals surface area contributed by atoms with Gasteiger partial charge >= 0.3 is 5.97 Å². The number of carbonyl (C=O) groups is 3. The van der Waals surface area contributed by atoms with Crippen LogP contribution in [0.2, 0.25) is 0 Å². The van der Waals surface area contributed by atoms with Crippen LogP contribution in [0.15, 0.2) is 53.0 Å². The minimum Gasteiger partial charge on any atom is -0.454 e. The van der Waals surface area contributed by atoms with Gasteiger partial charge in [0.05, 0.1) is 11.3 Å². The number of halogens is 1. The van der Waals surface area contributed by atoms with Gasteiger partial charge in [-0.05, 0) is 24.3 Å². The fourth-order valence-electron chi connectivity index (χ4n) is 1.89. The van der Waals surface area contributed by atoms with Gasteiger partial charge in [0.25, 0.3) is 0 Å². The molecule has 23 heavy (non-hydrogen) atoms. The summed E-state index contributed by atoms with van der Waals surface area (Å²) in [6, 6.07) is 13.2. The summed E-state index contributed by atoms with van der Waals surface area (Å²) in [5.41, 5.74) is 1.00. The Morgan fingerprint density at radius 2 is 1.70 bits per heavy atom. The second kappa shape index (κ2) is 7.69. The molecule has 2 rings (SSSR count). The first kappa shape index (κ1) is 16.9. The number of anilines is 1. The van der Waals surface area contributed by atoms with Crippen LogP contribution in [0.4, 0.5) is 5.69 Å². The van der Waals surface area contributed by atoms with Gasteiger partial charge in [-0.1, -0.05) is 40.2 Å². The monoisotopic (exact) mass is 375 g/mol. The molecule has 0 saturated heterocycles. The average Bonchev–Trinajstić information content (AvgIpc) is 2.53. The Labute approximate surface area is 141 Å². The highest BCUT2D eigenvalue weighted by Gasteiger charge is 2.15. The smallest absolute Gasteiger partial charge is 0.340 e. The lowest BCUT2D eigenvalue weighted by atomic mass is 10.1. The molecule has 0 saturated carbocycles. The minimum atomic E-state index is -0.667. The van der Waals surface area contributed by atoms with E-state index in [4.69, 9.17) is 4.74 Å². The maximum Gasteiger partial charge on any atom is 0.340 e. The number of benzene rings is 2. The van der Waals surface area contributed by atoms with E-state index in [2.05, 4.69) is 21.2 Å². The molecule has 2 aromatic rings. The van der Waals surface area contributed by atoms with Crippen molar-refractivity contribution in [3.8, 4) is 0 Å². The number of esters is 1. The molecular formula is C17H14BrNO4. The summed E-state index contributed by atoms with van der Waals surface area (Å²) < 4.78 is 5.90. The van der Waals surface area contributed by atoms with E-state index in [-0.39, 0.29) is 23.9 Å². The molecule has 0 radical (unpaired) electrons. The first-order valence-corrected chi connectivity index (χ1v) is 7.59. The van der Waals surface area contributed by atoms with Gasteiger partial charge < -0.3 is 10.1 Å². The van der Waals surface area contributed by atoms with Gasteiger partial charge in [-0.15, -0.1) is 0 Å². The lowest BCUT2D eigenvalue weighted by Crippen LogP contribution is -2.16. The molecule has 2 aromatic carbocycles. The Kier molecular flexibility index (Phi) is 5.65. The second-order valence-corrected chi connectivity index (χ2v) is 5.65. The standard InChI is InChI=1S/C17H14BrNO4/c1-11(20)19-15-5-3-2-4-14(15)17(22)23-10-16(21)12-6-8-13(18)9-7-12/h2-9H,10H2,1H3,(H,19,20). The third-order valence-corrected chi connectivity index (χ3v) is 3.49. The fraction of sp³-hybridized carbons (Fsp3) is 0.118. The van der Waals surface area contributed by atoms with Gasteiger partial charge in [0.2, 0.25) is 5.91 Å². The van der Waals surface area contributed by atoms with Crippen LogP contribution in [0.25, 0.3) is 0 Å². The zero-order chi connectivity index (χ0) is 16.8. The van der Waals surface area contributed by atoms with Crippen LogP contribution in [-0.2, 0) is 9.53 Å². The van der Waals surface area contributed by atoms with Gasteiger partial charge in [0.1, 0.15) is 0 Å². The van der Waals surface area contributed by atoms with Crippen molar-refractivity contribution in [1.82, 2.24) is 0 Å². The predicted molar refractivity (Wildman–Crippen MR) is 89.5 cm³/mol. The topological polar surface area (TPSA) is 72.5 Å². The molecule has 1 N–H and O–H groups in total. The Morgan fingerprint density at radius 1 is 1.04 bits per heavy atom. The zero-order valence-electron chi connectivity index (χ0n) is 12.3. The second-order valence-electron chi connectivity index (χ2n) is 4.73. The molecule has 118 valence electrons. The van der Waals surface area contributed by atoms with Crippen molar-refractivity contribution >= 4 is 39.3 Å². The van der Waals surface area contributed by atoms with Crippen molar-refractivity contribution in [2.45, 2.75) is 6.92 Å². The van der Waals surface area contributed by atoms with E-state index in [1.165, 1.54) is 13.0 Å². The normalized spacial score (nSPS) is 10.0. The summed E-state index contributed by atoms with van der Waals surface area (Å²) in [7, 11) is 0. The highest BCUT2D eigenvalue weighted by atomic mass is 79.9. The van der Waals surface area contributed by atoms with E-state index in [0.717, 1.165) is 4.47 Å². The predicted octanol–water partition coefficient (Wildman–Crippen LogP) is 3.45. The number of Topliss-reactive ketones (excluding diaryl/α,β-unsaturated/α-hetero) is 1. The molecule has 0 aromatic heterocycles. The van der Waals surface area contributed by atoms with Crippen molar-refractivity contribution in [1.29, 1.82) is 0 Å². The quantitative estimate of drug-likeness (QED) is 0.641. The first-order valence-electron chi connectivity index (χ1n) is 6.80.